The van der Waals surface area contributed by atoms with Gasteiger partial charge in [-0.3, -0.25) is 9.59 Å². The van der Waals surface area contributed by atoms with Crippen molar-refractivity contribution in [3.8, 4) is 0 Å². The fourth-order valence-corrected chi connectivity index (χ4v) is 4.48. The van der Waals surface area contributed by atoms with Crippen molar-refractivity contribution in [3.05, 3.63) is 17.7 Å². The molecule has 0 radical (unpaired) electrons. The lowest BCUT2D eigenvalue weighted by Gasteiger charge is -2.30. The maximum atomic E-state index is 13.0. The Morgan fingerprint density at radius 2 is 2.25 bits per heavy atom. The number of carbonyl (C=O) groups is 2. The Hall–Kier alpha value is -1.50. The number of rotatable bonds is 4. The summed E-state index contributed by atoms with van der Waals surface area (Å²) >= 11 is 1.66. The minimum Gasteiger partial charge on any atom is -0.354 e. The molecule has 0 aliphatic carbocycles. The van der Waals surface area contributed by atoms with Gasteiger partial charge in [-0.2, -0.15) is 0 Å². The summed E-state index contributed by atoms with van der Waals surface area (Å²) in [5, 5.41) is 2.97. The first-order chi connectivity index (χ1) is 11.5. The summed E-state index contributed by atoms with van der Waals surface area (Å²) in [4.78, 5) is 31.7. The van der Waals surface area contributed by atoms with Crippen molar-refractivity contribution in [2.75, 3.05) is 18.2 Å². The average Bonchev–Trinajstić information content (AvgIpc) is 3.16. The van der Waals surface area contributed by atoms with Crippen molar-refractivity contribution >= 4 is 23.6 Å². The largest absolute Gasteiger partial charge is 0.354 e. The SMILES string of the molecule is Cc1cn2c(n1)CC(C(=O)N1CSCC1C(=O)NCC(C)C)CC2. The van der Waals surface area contributed by atoms with E-state index < -0.39 is 0 Å². The fraction of sp³-hybridized carbons (Fsp3) is 0.706. The van der Waals surface area contributed by atoms with Gasteiger partial charge < -0.3 is 14.8 Å². The number of aromatic nitrogens is 2. The van der Waals surface area contributed by atoms with E-state index in [9.17, 15) is 9.59 Å². The second kappa shape index (κ2) is 7.17. The van der Waals surface area contributed by atoms with Crippen molar-refractivity contribution in [2.45, 2.75) is 46.2 Å². The highest BCUT2D eigenvalue weighted by Crippen LogP contribution is 2.28. The van der Waals surface area contributed by atoms with Crippen LogP contribution < -0.4 is 5.32 Å². The molecule has 2 aliphatic rings. The van der Waals surface area contributed by atoms with Gasteiger partial charge >= 0.3 is 0 Å². The molecule has 132 valence electrons. The number of aryl methyl sites for hydroxylation is 2. The highest BCUT2D eigenvalue weighted by molar-refractivity contribution is 7.99. The van der Waals surface area contributed by atoms with Crippen LogP contribution in [-0.2, 0) is 22.6 Å². The molecule has 7 heteroatoms. The monoisotopic (exact) mass is 350 g/mol. The van der Waals surface area contributed by atoms with Crippen LogP contribution in [0, 0.1) is 18.8 Å². The third-order valence-electron chi connectivity index (χ3n) is 4.63. The summed E-state index contributed by atoms with van der Waals surface area (Å²) in [5.41, 5.74) is 1.00. The van der Waals surface area contributed by atoms with Crippen LogP contribution in [0.5, 0.6) is 0 Å². The summed E-state index contributed by atoms with van der Waals surface area (Å²) < 4.78 is 2.14. The van der Waals surface area contributed by atoms with E-state index in [4.69, 9.17) is 0 Å². The van der Waals surface area contributed by atoms with E-state index in [0.29, 0.717) is 30.5 Å². The Morgan fingerprint density at radius 3 is 3.00 bits per heavy atom. The molecule has 1 fully saturated rings. The highest BCUT2D eigenvalue weighted by Gasteiger charge is 2.38. The first-order valence-corrected chi connectivity index (χ1v) is 9.79. The fourth-order valence-electron chi connectivity index (χ4n) is 3.32. The van der Waals surface area contributed by atoms with E-state index in [-0.39, 0.29) is 23.8 Å². The second-order valence-electron chi connectivity index (χ2n) is 7.14. The first-order valence-electron chi connectivity index (χ1n) is 8.64. The molecular formula is C17H26N4O2S. The van der Waals surface area contributed by atoms with Crippen molar-refractivity contribution < 1.29 is 9.59 Å². The molecule has 2 atom stereocenters. The number of thioether (sulfide) groups is 1. The van der Waals surface area contributed by atoms with Crippen LogP contribution in [0.25, 0.3) is 0 Å². The minimum atomic E-state index is -0.329. The zero-order valence-corrected chi connectivity index (χ0v) is 15.4. The summed E-state index contributed by atoms with van der Waals surface area (Å²) in [6.45, 7) is 7.60. The number of nitrogens with one attached hydrogen (secondary N) is 1. The average molecular weight is 350 g/mol. The van der Waals surface area contributed by atoms with Crippen LogP contribution in [0.2, 0.25) is 0 Å². The van der Waals surface area contributed by atoms with Gasteiger partial charge in [-0.1, -0.05) is 13.8 Å². The Kier molecular flexibility index (Phi) is 5.18. The summed E-state index contributed by atoms with van der Waals surface area (Å²) in [6.07, 6.45) is 3.54. The standard InChI is InChI=1S/C17H26N4O2S/c1-11(2)7-18-16(22)14-9-24-10-21(14)17(23)13-4-5-20-8-12(3)19-15(20)6-13/h8,11,13-14H,4-7,9-10H2,1-3H3,(H,18,22). The van der Waals surface area contributed by atoms with E-state index in [1.165, 1.54) is 0 Å². The number of fused-ring (bicyclic) bond motifs is 1. The second-order valence-corrected chi connectivity index (χ2v) is 8.14. The maximum Gasteiger partial charge on any atom is 0.243 e. The van der Waals surface area contributed by atoms with E-state index in [1.54, 1.807) is 16.7 Å². The molecule has 2 amide bonds. The van der Waals surface area contributed by atoms with E-state index in [2.05, 4.69) is 28.7 Å². The number of imidazole rings is 1. The van der Waals surface area contributed by atoms with Crippen LogP contribution in [0.15, 0.2) is 6.20 Å². The van der Waals surface area contributed by atoms with Gasteiger partial charge in [0.2, 0.25) is 11.8 Å². The molecule has 1 N–H and O–H groups in total. The minimum absolute atomic E-state index is 0.0183. The Morgan fingerprint density at radius 1 is 1.46 bits per heavy atom. The van der Waals surface area contributed by atoms with Gasteiger partial charge in [-0.05, 0) is 19.3 Å². The lowest BCUT2D eigenvalue weighted by atomic mass is 9.95. The maximum absolute atomic E-state index is 13.0. The number of carbonyl (C=O) groups excluding carboxylic acids is 2. The normalized spacial score (nSPS) is 23.4. The van der Waals surface area contributed by atoms with Gasteiger partial charge in [0.25, 0.3) is 0 Å². The Bertz CT molecular complexity index is 628. The van der Waals surface area contributed by atoms with Crippen molar-refractivity contribution in [1.29, 1.82) is 0 Å². The number of hydrogen-bond acceptors (Lipinski definition) is 4. The molecule has 0 bridgehead atoms. The van der Waals surface area contributed by atoms with Crippen molar-refractivity contribution in [3.63, 3.8) is 0 Å². The summed E-state index contributed by atoms with van der Waals surface area (Å²) in [6, 6.07) is -0.329. The predicted molar refractivity (Wildman–Crippen MR) is 94.6 cm³/mol. The molecule has 3 heterocycles. The molecule has 2 unspecified atom stereocenters. The Labute approximate surface area is 147 Å². The van der Waals surface area contributed by atoms with Crippen LogP contribution in [-0.4, -0.2) is 50.5 Å². The quantitative estimate of drug-likeness (QED) is 0.892. The third kappa shape index (κ3) is 3.61. The smallest absolute Gasteiger partial charge is 0.243 e. The lowest BCUT2D eigenvalue weighted by molar-refractivity contribution is -0.141. The predicted octanol–water partition coefficient (Wildman–Crippen LogP) is 1.43. The molecule has 1 saturated heterocycles. The molecule has 6 nitrogen and oxygen atoms in total. The highest BCUT2D eigenvalue weighted by atomic mass is 32.2. The molecule has 3 rings (SSSR count). The van der Waals surface area contributed by atoms with Gasteiger partial charge in [0.15, 0.2) is 0 Å². The van der Waals surface area contributed by atoms with Crippen LogP contribution in [0.3, 0.4) is 0 Å². The van der Waals surface area contributed by atoms with Crippen LogP contribution >= 0.6 is 11.8 Å². The molecule has 1 aromatic heterocycles. The van der Waals surface area contributed by atoms with Crippen molar-refractivity contribution in [2.24, 2.45) is 11.8 Å². The van der Waals surface area contributed by atoms with Gasteiger partial charge in [0.1, 0.15) is 11.9 Å². The zero-order chi connectivity index (χ0) is 17.3. The molecule has 24 heavy (non-hydrogen) atoms. The third-order valence-corrected chi connectivity index (χ3v) is 5.64. The van der Waals surface area contributed by atoms with Crippen LogP contribution in [0.1, 0.15) is 31.8 Å². The molecule has 1 aromatic rings. The van der Waals surface area contributed by atoms with Gasteiger partial charge in [-0.25, -0.2) is 4.98 Å². The molecule has 0 aromatic carbocycles. The summed E-state index contributed by atoms with van der Waals surface area (Å²) in [7, 11) is 0. The first kappa shape index (κ1) is 17.3. The molecule has 0 saturated carbocycles. The summed E-state index contributed by atoms with van der Waals surface area (Å²) in [5.74, 6) is 2.74. The van der Waals surface area contributed by atoms with Crippen LogP contribution in [0.4, 0.5) is 0 Å². The number of hydrogen-bond donors (Lipinski definition) is 1. The van der Waals surface area contributed by atoms with Gasteiger partial charge in [0.05, 0.1) is 11.6 Å². The topological polar surface area (TPSA) is 67.2 Å². The zero-order valence-electron chi connectivity index (χ0n) is 14.6. The lowest BCUT2D eigenvalue weighted by Crippen LogP contribution is -2.50. The Balaban J connectivity index is 1.64. The molecular weight excluding hydrogens is 324 g/mol. The van der Waals surface area contributed by atoms with Crippen molar-refractivity contribution in [1.82, 2.24) is 19.8 Å². The van der Waals surface area contributed by atoms with E-state index in [0.717, 1.165) is 24.5 Å². The number of amides is 2. The van der Waals surface area contributed by atoms with Gasteiger partial charge in [0, 0.05) is 37.4 Å². The van der Waals surface area contributed by atoms with Gasteiger partial charge in [-0.15, -0.1) is 11.8 Å². The van der Waals surface area contributed by atoms with E-state index >= 15 is 0 Å². The number of nitrogens with zero attached hydrogens (tertiary/aromatic N) is 3. The molecule has 2 aliphatic heterocycles. The van der Waals surface area contributed by atoms with E-state index in [1.807, 2.05) is 13.1 Å². The molecule has 0 spiro atoms.